The van der Waals surface area contributed by atoms with Crippen LogP contribution < -0.4 is 0 Å². The molecule has 3 nitrogen and oxygen atoms in total. The highest BCUT2D eigenvalue weighted by molar-refractivity contribution is 5.79. The summed E-state index contributed by atoms with van der Waals surface area (Å²) in [6.45, 7) is 6.13. The maximum absolute atomic E-state index is 12.9. The van der Waals surface area contributed by atoms with E-state index in [1.165, 1.54) is 31.2 Å². The van der Waals surface area contributed by atoms with E-state index in [2.05, 4.69) is 54.0 Å². The molecular weight excluding hydrogens is 296 g/mol. The van der Waals surface area contributed by atoms with Crippen molar-refractivity contribution in [3.8, 4) is 0 Å². The summed E-state index contributed by atoms with van der Waals surface area (Å²) in [5.41, 5.74) is 1.41. The minimum Gasteiger partial charge on any atom is -0.336 e. The standard InChI is InChI=1S/C21H32N2O/c1-17-8-6-9-18(2)23(17)21(24)16-22-15-7-12-20(22)14-13-19-10-4-3-5-11-19/h3-5,10-11,17-18,20H,6-9,12-16H2,1-2H3. The minimum atomic E-state index is 0.348. The van der Waals surface area contributed by atoms with E-state index in [9.17, 15) is 4.79 Å². The zero-order valence-corrected chi connectivity index (χ0v) is 15.3. The van der Waals surface area contributed by atoms with Crippen LogP contribution in [0.2, 0.25) is 0 Å². The minimum absolute atomic E-state index is 0.348. The van der Waals surface area contributed by atoms with E-state index in [0.717, 1.165) is 25.8 Å². The molecule has 3 heteroatoms. The number of likely N-dealkylation sites (tertiary alicyclic amines) is 2. The summed E-state index contributed by atoms with van der Waals surface area (Å²) < 4.78 is 0. The molecule has 2 fully saturated rings. The second-order valence-electron chi connectivity index (χ2n) is 7.72. The van der Waals surface area contributed by atoms with Gasteiger partial charge in [-0.1, -0.05) is 30.3 Å². The molecule has 1 amide bonds. The van der Waals surface area contributed by atoms with Crippen LogP contribution in [-0.4, -0.2) is 46.9 Å². The molecule has 0 spiro atoms. The molecule has 3 rings (SSSR count). The lowest BCUT2D eigenvalue weighted by atomic mass is 9.97. The van der Waals surface area contributed by atoms with Gasteiger partial charge in [0.1, 0.15) is 0 Å². The monoisotopic (exact) mass is 328 g/mol. The fourth-order valence-electron chi connectivity index (χ4n) is 4.58. The Balaban J connectivity index is 1.54. The Morgan fingerprint density at radius 1 is 1.04 bits per heavy atom. The van der Waals surface area contributed by atoms with Crippen molar-refractivity contribution in [3.63, 3.8) is 0 Å². The van der Waals surface area contributed by atoms with Crippen LogP contribution >= 0.6 is 0 Å². The van der Waals surface area contributed by atoms with E-state index in [1.807, 2.05) is 0 Å². The first-order valence-corrected chi connectivity index (χ1v) is 9.74. The van der Waals surface area contributed by atoms with Crippen LogP contribution in [0.25, 0.3) is 0 Å². The summed E-state index contributed by atoms with van der Waals surface area (Å²) in [4.78, 5) is 17.5. The van der Waals surface area contributed by atoms with E-state index in [0.29, 0.717) is 30.6 Å². The fourth-order valence-corrected chi connectivity index (χ4v) is 4.58. The average Bonchev–Trinajstić information content (AvgIpc) is 3.01. The van der Waals surface area contributed by atoms with Crippen molar-refractivity contribution < 1.29 is 4.79 Å². The Morgan fingerprint density at radius 2 is 1.75 bits per heavy atom. The van der Waals surface area contributed by atoms with Gasteiger partial charge in [-0.2, -0.15) is 0 Å². The lowest BCUT2D eigenvalue weighted by Gasteiger charge is -2.40. The number of nitrogens with zero attached hydrogens (tertiary/aromatic N) is 2. The number of carbonyl (C=O) groups excluding carboxylic acids is 1. The van der Waals surface area contributed by atoms with Gasteiger partial charge in [0.2, 0.25) is 5.91 Å². The number of benzene rings is 1. The third-order valence-corrected chi connectivity index (χ3v) is 5.93. The van der Waals surface area contributed by atoms with Crippen molar-refractivity contribution >= 4 is 5.91 Å². The first-order chi connectivity index (χ1) is 11.6. The van der Waals surface area contributed by atoms with Crippen LogP contribution in [0.3, 0.4) is 0 Å². The van der Waals surface area contributed by atoms with Crippen LogP contribution in [0.4, 0.5) is 0 Å². The van der Waals surface area contributed by atoms with Crippen LogP contribution in [0.1, 0.15) is 57.9 Å². The second-order valence-corrected chi connectivity index (χ2v) is 7.72. The first-order valence-electron chi connectivity index (χ1n) is 9.74. The molecule has 2 heterocycles. The fraction of sp³-hybridized carbons (Fsp3) is 0.667. The molecule has 1 aromatic rings. The molecule has 24 heavy (non-hydrogen) atoms. The predicted molar refractivity (Wildman–Crippen MR) is 99.0 cm³/mol. The highest BCUT2D eigenvalue weighted by atomic mass is 16.2. The number of hydrogen-bond acceptors (Lipinski definition) is 2. The van der Waals surface area contributed by atoms with E-state index < -0.39 is 0 Å². The van der Waals surface area contributed by atoms with Gasteiger partial charge in [-0.25, -0.2) is 0 Å². The topological polar surface area (TPSA) is 23.6 Å². The van der Waals surface area contributed by atoms with E-state index in [1.54, 1.807) is 0 Å². The molecule has 2 aliphatic rings. The third kappa shape index (κ3) is 4.18. The Bertz CT molecular complexity index is 520. The Hall–Kier alpha value is -1.35. The Morgan fingerprint density at radius 3 is 2.46 bits per heavy atom. The lowest BCUT2D eigenvalue weighted by Crippen LogP contribution is -2.51. The molecule has 0 N–H and O–H groups in total. The average molecular weight is 328 g/mol. The summed E-state index contributed by atoms with van der Waals surface area (Å²) in [6.07, 6.45) is 8.34. The molecule has 3 unspecified atom stereocenters. The number of hydrogen-bond donors (Lipinski definition) is 0. The van der Waals surface area contributed by atoms with Crippen LogP contribution in [0, 0.1) is 0 Å². The SMILES string of the molecule is CC1CCCC(C)N1C(=O)CN1CCCC1CCc1ccccc1. The highest BCUT2D eigenvalue weighted by Crippen LogP contribution is 2.25. The lowest BCUT2D eigenvalue weighted by molar-refractivity contribution is -0.138. The van der Waals surface area contributed by atoms with Crippen molar-refractivity contribution in [1.29, 1.82) is 0 Å². The molecule has 132 valence electrons. The summed E-state index contributed by atoms with van der Waals surface area (Å²) in [7, 11) is 0. The van der Waals surface area contributed by atoms with Crippen molar-refractivity contribution in [2.75, 3.05) is 13.1 Å². The maximum atomic E-state index is 12.9. The molecular formula is C21H32N2O. The van der Waals surface area contributed by atoms with Crippen molar-refractivity contribution in [2.45, 2.75) is 76.9 Å². The zero-order valence-electron chi connectivity index (χ0n) is 15.3. The third-order valence-electron chi connectivity index (χ3n) is 5.93. The maximum Gasteiger partial charge on any atom is 0.237 e. The van der Waals surface area contributed by atoms with E-state index in [-0.39, 0.29) is 0 Å². The van der Waals surface area contributed by atoms with Crippen molar-refractivity contribution in [1.82, 2.24) is 9.80 Å². The van der Waals surface area contributed by atoms with Crippen LogP contribution in [0.5, 0.6) is 0 Å². The van der Waals surface area contributed by atoms with Gasteiger partial charge in [0.05, 0.1) is 6.54 Å². The first kappa shape index (κ1) is 17.5. The quantitative estimate of drug-likeness (QED) is 0.819. The smallest absolute Gasteiger partial charge is 0.237 e. The molecule has 2 saturated heterocycles. The molecule has 0 saturated carbocycles. The molecule has 2 aliphatic heterocycles. The second kappa shape index (κ2) is 8.15. The van der Waals surface area contributed by atoms with Gasteiger partial charge in [0.25, 0.3) is 0 Å². The van der Waals surface area contributed by atoms with Crippen LogP contribution in [0.15, 0.2) is 30.3 Å². The molecule has 0 radical (unpaired) electrons. The Kier molecular flexibility index (Phi) is 5.94. The van der Waals surface area contributed by atoms with Gasteiger partial charge < -0.3 is 4.90 Å². The predicted octanol–water partition coefficient (Wildman–Crippen LogP) is 3.87. The largest absolute Gasteiger partial charge is 0.336 e. The summed E-state index contributed by atoms with van der Waals surface area (Å²) in [5, 5.41) is 0. The van der Waals surface area contributed by atoms with Crippen LogP contribution in [-0.2, 0) is 11.2 Å². The number of piperidine rings is 1. The van der Waals surface area contributed by atoms with E-state index >= 15 is 0 Å². The zero-order chi connectivity index (χ0) is 16.9. The van der Waals surface area contributed by atoms with Gasteiger partial charge in [0, 0.05) is 18.1 Å². The summed E-state index contributed by atoms with van der Waals surface area (Å²) in [5.74, 6) is 0.348. The van der Waals surface area contributed by atoms with Gasteiger partial charge in [-0.15, -0.1) is 0 Å². The summed E-state index contributed by atoms with van der Waals surface area (Å²) in [6, 6.07) is 12.1. The van der Waals surface area contributed by atoms with Gasteiger partial charge >= 0.3 is 0 Å². The van der Waals surface area contributed by atoms with Crippen molar-refractivity contribution in [2.24, 2.45) is 0 Å². The van der Waals surface area contributed by atoms with Gasteiger partial charge in [0.15, 0.2) is 0 Å². The Labute approximate surface area is 147 Å². The molecule has 0 aromatic heterocycles. The van der Waals surface area contributed by atoms with E-state index in [4.69, 9.17) is 0 Å². The molecule has 0 bridgehead atoms. The molecule has 3 atom stereocenters. The number of carbonyl (C=O) groups is 1. The number of rotatable bonds is 5. The molecule has 0 aliphatic carbocycles. The summed E-state index contributed by atoms with van der Waals surface area (Å²) >= 11 is 0. The van der Waals surface area contributed by atoms with Gasteiger partial charge in [-0.3, -0.25) is 9.69 Å². The van der Waals surface area contributed by atoms with Gasteiger partial charge in [-0.05, 0) is 70.9 Å². The highest BCUT2D eigenvalue weighted by Gasteiger charge is 2.32. The molecule has 1 aromatic carbocycles. The number of aryl methyl sites for hydroxylation is 1. The number of amides is 1. The normalized spacial score (nSPS) is 28.2. The van der Waals surface area contributed by atoms with Crippen molar-refractivity contribution in [3.05, 3.63) is 35.9 Å².